The molecule has 0 aliphatic rings. The van der Waals surface area contributed by atoms with E-state index in [1.807, 2.05) is 0 Å². The van der Waals surface area contributed by atoms with Gasteiger partial charge in [-0.05, 0) is 0 Å². The van der Waals surface area contributed by atoms with Crippen molar-refractivity contribution in [1.82, 2.24) is 0 Å². The second kappa shape index (κ2) is 13.5. The van der Waals surface area contributed by atoms with Gasteiger partial charge in [-0.15, -0.1) is 59.3 Å². The fraction of sp³-hybridized carbons (Fsp3) is 0.136. The molecule has 0 amide bonds. The third-order valence-corrected chi connectivity index (χ3v) is 13.2. The van der Waals surface area contributed by atoms with Gasteiger partial charge in [0.2, 0.25) is 0 Å². The van der Waals surface area contributed by atoms with Crippen molar-refractivity contribution in [3.63, 3.8) is 0 Å². The number of benzene rings is 2. The third kappa shape index (κ3) is 8.35. The van der Waals surface area contributed by atoms with Crippen LogP contribution < -0.4 is 0 Å². The number of halogens is 2. The molecule has 0 saturated heterocycles. The van der Waals surface area contributed by atoms with E-state index in [4.69, 9.17) is 17.0 Å². The predicted octanol–water partition coefficient (Wildman–Crippen LogP) is 7.93. The fourth-order valence-electron chi connectivity index (χ4n) is 2.36. The minimum atomic E-state index is -1.67. The summed E-state index contributed by atoms with van der Waals surface area (Å²) in [5.74, 6) is 0. The van der Waals surface area contributed by atoms with Gasteiger partial charge in [-0.2, -0.15) is 35.0 Å². The molecular weight excluding hydrogens is 454 g/mol. The van der Waals surface area contributed by atoms with Gasteiger partial charge in [0.25, 0.3) is 0 Å². The molecule has 0 bridgehead atoms. The van der Waals surface area contributed by atoms with Gasteiger partial charge in [-0.25, -0.2) is 0 Å². The molecule has 0 atom stereocenters. The van der Waals surface area contributed by atoms with Crippen LogP contribution in [0.25, 0.3) is 21.5 Å². The van der Waals surface area contributed by atoms with Crippen molar-refractivity contribution in [2.75, 3.05) is 0 Å². The molecule has 0 aliphatic heterocycles. The van der Waals surface area contributed by atoms with Crippen molar-refractivity contribution < 1.29 is 18.0 Å². The van der Waals surface area contributed by atoms with Gasteiger partial charge in [0.15, 0.2) is 0 Å². The summed E-state index contributed by atoms with van der Waals surface area (Å²) in [5.41, 5.74) is 0. The molecule has 0 saturated carbocycles. The maximum Gasteiger partial charge on any atom is -0.0809 e. The Kier molecular flexibility index (Phi) is 12.1. The number of hydrogen-bond acceptors (Lipinski definition) is 0. The van der Waals surface area contributed by atoms with E-state index in [1.165, 1.54) is 34.0 Å². The molecule has 0 aromatic heterocycles. The van der Waals surface area contributed by atoms with Crippen LogP contribution in [0, 0.1) is 7.43 Å². The monoisotopic (exact) mass is 476 g/mol. The molecule has 137 valence electrons. The van der Waals surface area contributed by atoms with Crippen LogP contribution in [0.1, 0.15) is 13.3 Å². The summed E-state index contributed by atoms with van der Waals surface area (Å²) >= 11 is -1.67. The minimum Gasteiger partial charge on any atom is -0.358 e. The Morgan fingerprint density at radius 1 is 0.808 bits per heavy atom. The van der Waals surface area contributed by atoms with Crippen molar-refractivity contribution in [1.29, 1.82) is 0 Å². The molecule has 26 heavy (non-hydrogen) atoms. The smallest absolute Gasteiger partial charge is 0.0809 e. The van der Waals surface area contributed by atoms with Gasteiger partial charge < -0.3 is 7.43 Å². The molecule has 1 radical (unpaired) electrons. The van der Waals surface area contributed by atoms with Gasteiger partial charge in [0, 0.05) is 0 Å². The molecule has 0 aliphatic carbocycles. The van der Waals surface area contributed by atoms with Crippen molar-refractivity contribution >= 4 is 44.7 Å². The van der Waals surface area contributed by atoms with Crippen LogP contribution in [0.15, 0.2) is 84.9 Å². The molecule has 0 spiro atoms. The zero-order valence-electron chi connectivity index (χ0n) is 15.3. The first-order valence-corrected chi connectivity index (χ1v) is 19.6. The van der Waals surface area contributed by atoms with Crippen LogP contribution in [-0.4, -0.2) is 6.16 Å². The van der Waals surface area contributed by atoms with Gasteiger partial charge in [0.1, 0.15) is 0 Å². The van der Waals surface area contributed by atoms with Gasteiger partial charge >= 0.3 is 60.6 Å². The molecule has 4 aromatic rings. The van der Waals surface area contributed by atoms with Gasteiger partial charge in [0.05, 0.1) is 0 Å². The van der Waals surface area contributed by atoms with Crippen molar-refractivity contribution in [2.45, 2.75) is 19.4 Å². The fourth-order valence-corrected chi connectivity index (χ4v) is 9.39. The summed E-state index contributed by atoms with van der Waals surface area (Å²) in [7, 11) is 11.3. The zero-order valence-corrected chi connectivity index (χ0v) is 20.2. The first-order chi connectivity index (χ1) is 12.2. The summed E-state index contributed by atoms with van der Waals surface area (Å²) in [6.07, 6.45) is 2.15. The molecule has 0 N–H and O–H groups in total. The summed E-state index contributed by atoms with van der Waals surface area (Å²) in [6.45, 7) is 2.16. The van der Waals surface area contributed by atoms with E-state index >= 15 is 0 Å². The number of fused-ring (bicyclic) bond motifs is 2. The molecule has 0 unspecified atom stereocenters. The Hall–Kier alpha value is -0.660. The summed E-state index contributed by atoms with van der Waals surface area (Å²) in [6, 6.07) is 30.6. The predicted molar refractivity (Wildman–Crippen MR) is 118 cm³/mol. The SMILES string of the molecule is CCC[Si]=[Zr]([Cl])[Cl].[CH3-].c1ccc2[cH-]ccc2c1.c1ccc2[cH-]ccc2c1. The molecule has 0 heterocycles. The van der Waals surface area contributed by atoms with E-state index in [9.17, 15) is 0 Å². The largest absolute Gasteiger partial charge is 0.358 e. The minimum absolute atomic E-state index is 0. The van der Waals surface area contributed by atoms with E-state index in [-0.39, 0.29) is 7.43 Å². The maximum atomic E-state index is 5.63. The van der Waals surface area contributed by atoms with Crippen LogP contribution in [0.4, 0.5) is 0 Å². The van der Waals surface area contributed by atoms with Crippen LogP contribution in [0.5, 0.6) is 0 Å². The van der Waals surface area contributed by atoms with Gasteiger partial charge in [-0.3, -0.25) is 0 Å². The summed E-state index contributed by atoms with van der Waals surface area (Å²) in [4.78, 5) is 0. The van der Waals surface area contributed by atoms with Crippen molar-refractivity contribution in [2.24, 2.45) is 0 Å². The molecule has 0 fully saturated rings. The molecule has 0 nitrogen and oxygen atoms in total. The standard InChI is InChI=1S/2C9H7.C3H7Si.CH3.2ClH.Zr/c2*1-2-5-9-7-3-6-8(9)4-1;1-2-3-4;;;;/h2*1-7H;2-3H2,1H3;1H3;2*1H;/q2*-1;;-1;;;+2/p-2. The third-order valence-electron chi connectivity index (χ3n) is 3.60. The Morgan fingerprint density at radius 3 is 1.62 bits per heavy atom. The summed E-state index contributed by atoms with van der Waals surface area (Å²) in [5, 5.41) is 5.32. The van der Waals surface area contributed by atoms with E-state index in [1.54, 1.807) is 0 Å². The van der Waals surface area contributed by atoms with E-state index < -0.39 is 18.0 Å². The van der Waals surface area contributed by atoms with Crippen LogP contribution >= 0.6 is 17.0 Å². The Labute approximate surface area is 173 Å². The zero-order chi connectivity index (χ0) is 17.9. The Bertz CT molecular complexity index is 778. The first kappa shape index (κ1) is 23.4. The molecule has 4 rings (SSSR count). The maximum absolute atomic E-state index is 5.63. The quantitative estimate of drug-likeness (QED) is 0.203. The summed E-state index contributed by atoms with van der Waals surface area (Å²) < 4.78 is 0. The van der Waals surface area contributed by atoms with Crippen molar-refractivity contribution in [3.8, 4) is 0 Å². The number of hydrogen-bond donors (Lipinski definition) is 0. The van der Waals surface area contributed by atoms with E-state index in [0.29, 0.717) is 0 Å². The van der Waals surface area contributed by atoms with Crippen LogP contribution in [0.3, 0.4) is 0 Å². The van der Waals surface area contributed by atoms with Crippen molar-refractivity contribution in [3.05, 3.63) is 92.4 Å². The Balaban J connectivity index is 0.000000194. The second-order valence-electron chi connectivity index (χ2n) is 5.50. The topological polar surface area (TPSA) is 0 Å². The van der Waals surface area contributed by atoms with Crippen LogP contribution in [-0.2, 0) is 18.0 Å². The van der Waals surface area contributed by atoms with Crippen LogP contribution in [0.2, 0.25) is 6.04 Å². The van der Waals surface area contributed by atoms with E-state index in [0.717, 1.165) is 6.16 Å². The normalized spacial score (nSPS) is 9.35. The Morgan fingerprint density at radius 2 is 1.27 bits per heavy atom. The van der Waals surface area contributed by atoms with E-state index in [2.05, 4.69) is 91.9 Å². The van der Waals surface area contributed by atoms with Gasteiger partial charge in [-0.1, -0.05) is 12.1 Å². The second-order valence-corrected chi connectivity index (χ2v) is 22.6. The number of rotatable bonds is 2. The molecule has 4 aromatic carbocycles. The average molecular weight is 479 g/mol. The molecular formula is C22H24Cl2SiZr-3. The average Bonchev–Trinajstić information content (AvgIpc) is 3.29. The first-order valence-electron chi connectivity index (χ1n) is 8.33. The molecule has 4 heteroatoms.